The summed E-state index contributed by atoms with van der Waals surface area (Å²) in [6.07, 6.45) is 0.998. The topological polar surface area (TPSA) is 150 Å². The molecular formula is C26H29N3O9S2. The number of methoxy groups -OCH3 is 2. The molecule has 0 unspecified atom stereocenters. The van der Waals surface area contributed by atoms with Crippen molar-refractivity contribution in [3.63, 3.8) is 0 Å². The number of fused-ring (bicyclic) bond motifs is 1. The molecule has 3 aromatic carbocycles. The van der Waals surface area contributed by atoms with Gasteiger partial charge >= 0.3 is 0 Å². The van der Waals surface area contributed by atoms with Crippen molar-refractivity contribution in [1.82, 2.24) is 0 Å². The van der Waals surface area contributed by atoms with Gasteiger partial charge in [0, 0.05) is 17.8 Å². The molecule has 0 aromatic heterocycles. The Kier molecular flexibility index (Phi) is 8.30. The first kappa shape index (κ1) is 28.8. The normalized spacial score (nSPS) is 13.6. The lowest BCUT2D eigenvalue weighted by molar-refractivity contribution is -0.116. The summed E-state index contributed by atoms with van der Waals surface area (Å²) in [5, 5.41) is 2.64. The van der Waals surface area contributed by atoms with Crippen molar-refractivity contribution in [2.24, 2.45) is 0 Å². The van der Waals surface area contributed by atoms with Crippen LogP contribution in [0.3, 0.4) is 0 Å². The zero-order valence-electron chi connectivity index (χ0n) is 22.2. The smallest absolute Gasteiger partial charge is 0.262 e. The number of anilines is 3. The monoisotopic (exact) mass is 591 g/mol. The summed E-state index contributed by atoms with van der Waals surface area (Å²) in [7, 11) is -5.02. The van der Waals surface area contributed by atoms with E-state index in [0.29, 0.717) is 36.2 Å². The number of sulfonamides is 2. The Morgan fingerprint density at radius 1 is 0.900 bits per heavy atom. The van der Waals surface area contributed by atoms with E-state index >= 15 is 0 Å². The maximum absolute atomic E-state index is 13.1. The van der Waals surface area contributed by atoms with E-state index in [1.807, 2.05) is 0 Å². The van der Waals surface area contributed by atoms with E-state index in [1.165, 1.54) is 63.6 Å². The summed E-state index contributed by atoms with van der Waals surface area (Å²) in [5.74, 6) is 0.966. The Bertz CT molecular complexity index is 1610. The number of benzene rings is 3. The van der Waals surface area contributed by atoms with Gasteiger partial charge in [0.05, 0.1) is 36.7 Å². The zero-order chi connectivity index (χ0) is 29.1. The number of carbonyl (C=O) groups is 1. The number of rotatable bonds is 10. The van der Waals surface area contributed by atoms with Crippen LogP contribution in [0.25, 0.3) is 0 Å². The van der Waals surface area contributed by atoms with Crippen molar-refractivity contribution in [3.05, 3.63) is 60.7 Å². The lowest BCUT2D eigenvalue weighted by atomic mass is 10.2. The Morgan fingerprint density at radius 2 is 1.57 bits per heavy atom. The maximum Gasteiger partial charge on any atom is 0.262 e. The molecule has 0 spiro atoms. The fraction of sp³-hybridized carbons (Fsp3) is 0.269. The second-order valence-corrected chi connectivity index (χ2v) is 12.3. The standard InChI is InChI=1S/C26H29N3O9S2/c1-17(29(39(4,31)32)19-7-11-24-25(15-19)38-14-13-37-24)26(30)27-18-5-9-21(10-6-18)40(33,34)28-22-16-20(35-2)8-12-23(22)36-3/h5-12,15-17,28H,13-14H2,1-4H3,(H,27,30)/t17-/m1/s1. The highest BCUT2D eigenvalue weighted by molar-refractivity contribution is 7.92. The molecule has 1 amide bonds. The Morgan fingerprint density at radius 3 is 2.20 bits per heavy atom. The molecule has 1 aliphatic rings. The Hall–Kier alpha value is -4.17. The summed E-state index contributed by atoms with van der Waals surface area (Å²) < 4.78 is 76.2. The second kappa shape index (κ2) is 11.5. The van der Waals surface area contributed by atoms with Gasteiger partial charge < -0.3 is 24.3 Å². The third kappa shape index (κ3) is 6.34. The third-order valence-corrected chi connectivity index (χ3v) is 8.57. The van der Waals surface area contributed by atoms with Crippen molar-refractivity contribution >= 4 is 43.0 Å². The molecule has 0 saturated heterocycles. The van der Waals surface area contributed by atoms with Crippen LogP contribution >= 0.6 is 0 Å². The average molecular weight is 592 g/mol. The summed E-state index contributed by atoms with van der Waals surface area (Å²) >= 11 is 0. The zero-order valence-corrected chi connectivity index (χ0v) is 23.8. The number of hydrogen-bond donors (Lipinski definition) is 2. The van der Waals surface area contributed by atoms with Crippen molar-refractivity contribution in [2.75, 3.05) is 48.0 Å². The van der Waals surface area contributed by atoms with E-state index in [0.717, 1.165) is 10.6 Å². The van der Waals surface area contributed by atoms with Crippen LogP contribution in [-0.2, 0) is 24.8 Å². The van der Waals surface area contributed by atoms with E-state index in [9.17, 15) is 21.6 Å². The summed E-state index contributed by atoms with van der Waals surface area (Å²) in [6.45, 7) is 2.14. The largest absolute Gasteiger partial charge is 0.497 e. The first-order valence-electron chi connectivity index (χ1n) is 12.0. The minimum Gasteiger partial charge on any atom is -0.497 e. The van der Waals surface area contributed by atoms with Crippen LogP contribution in [0.15, 0.2) is 65.6 Å². The van der Waals surface area contributed by atoms with Crippen LogP contribution in [0.5, 0.6) is 23.0 Å². The molecule has 40 heavy (non-hydrogen) atoms. The van der Waals surface area contributed by atoms with E-state index in [2.05, 4.69) is 10.0 Å². The van der Waals surface area contributed by atoms with Gasteiger partial charge in [0.15, 0.2) is 11.5 Å². The van der Waals surface area contributed by atoms with Gasteiger partial charge in [0.2, 0.25) is 15.9 Å². The average Bonchev–Trinajstić information content (AvgIpc) is 2.92. The molecular weight excluding hydrogens is 562 g/mol. The van der Waals surface area contributed by atoms with Crippen molar-refractivity contribution in [1.29, 1.82) is 0 Å². The molecule has 12 nitrogen and oxygen atoms in total. The molecule has 3 aromatic rings. The van der Waals surface area contributed by atoms with Gasteiger partial charge in [-0.1, -0.05) is 0 Å². The van der Waals surface area contributed by atoms with E-state index in [1.54, 1.807) is 18.2 Å². The maximum atomic E-state index is 13.1. The molecule has 214 valence electrons. The van der Waals surface area contributed by atoms with Crippen LogP contribution in [-0.4, -0.2) is 62.5 Å². The van der Waals surface area contributed by atoms with Gasteiger partial charge in [-0.05, 0) is 55.5 Å². The molecule has 0 fully saturated rings. The van der Waals surface area contributed by atoms with Gasteiger partial charge in [-0.25, -0.2) is 16.8 Å². The van der Waals surface area contributed by atoms with Crippen LogP contribution < -0.4 is 33.3 Å². The SMILES string of the molecule is COc1ccc(OC)c(NS(=O)(=O)c2ccc(NC(=O)[C@@H](C)N(c3ccc4c(c3)OCCO4)S(C)(=O)=O)cc2)c1. The van der Waals surface area contributed by atoms with Crippen LogP contribution in [0.1, 0.15) is 6.92 Å². The second-order valence-electron chi connectivity index (χ2n) is 8.75. The van der Waals surface area contributed by atoms with Crippen molar-refractivity contribution in [2.45, 2.75) is 17.9 Å². The summed E-state index contributed by atoms with van der Waals surface area (Å²) in [5.41, 5.74) is 0.688. The predicted octanol–water partition coefficient (Wildman–Crippen LogP) is 3.07. The van der Waals surface area contributed by atoms with E-state index in [-0.39, 0.29) is 22.0 Å². The van der Waals surface area contributed by atoms with Crippen LogP contribution in [0.2, 0.25) is 0 Å². The molecule has 0 radical (unpaired) electrons. The molecule has 2 N–H and O–H groups in total. The minimum atomic E-state index is -4.02. The quantitative estimate of drug-likeness (QED) is 0.363. The first-order valence-corrected chi connectivity index (χ1v) is 15.3. The Balaban J connectivity index is 1.51. The van der Waals surface area contributed by atoms with E-state index < -0.39 is 32.0 Å². The number of carbonyl (C=O) groups excluding carboxylic acids is 1. The summed E-state index contributed by atoms with van der Waals surface area (Å²) in [6, 6.07) is 13.6. The molecule has 0 aliphatic carbocycles. The molecule has 1 aliphatic heterocycles. The highest BCUT2D eigenvalue weighted by Gasteiger charge is 2.30. The number of nitrogens with zero attached hydrogens (tertiary/aromatic N) is 1. The van der Waals surface area contributed by atoms with Crippen molar-refractivity contribution in [3.8, 4) is 23.0 Å². The fourth-order valence-electron chi connectivity index (χ4n) is 4.04. The van der Waals surface area contributed by atoms with Crippen LogP contribution in [0.4, 0.5) is 17.1 Å². The molecule has 1 heterocycles. The summed E-state index contributed by atoms with van der Waals surface area (Å²) in [4.78, 5) is 13.0. The lowest BCUT2D eigenvalue weighted by Gasteiger charge is -2.29. The number of hydrogen-bond acceptors (Lipinski definition) is 9. The van der Waals surface area contributed by atoms with Gasteiger partial charge in [-0.2, -0.15) is 0 Å². The number of nitrogens with one attached hydrogen (secondary N) is 2. The van der Waals surface area contributed by atoms with Crippen molar-refractivity contribution < 1.29 is 40.6 Å². The number of amides is 1. The number of ether oxygens (including phenoxy) is 4. The van der Waals surface area contributed by atoms with Gasteiger partial charge in [-0.15, -0.1) is 0 Å². The molecule has 0 bridgehead atoms. The first-order chi connectivity index (χ1) is 18.9. The van der Waals surface area contributed by atoms with Gasteiger partial charge in [0.1, 0.15) is 30.8 Å². The van der Waals surface area contributed by atoms with Gasteiger partial charge in [0.25, 0.3) is 10.0 Å². The predicted molar refractivity (Wildman–Crippen MR) is 150 cm³/mol. The molecule has 14 heteroatoms. The third-order valence-electron chi connectivity index (χ3n) is 5.95. The van der Waals surface area contributed by atoms with Gasteiger partial charge in [-0.3, -0.25) is 13.8 Å². The highest BCUT2D eigenvalue weighted by atomic mass is 32.2. The minimum absolute atomic E-state index is 0.0718. The highest BCUT2D eigenvalue weighted by Crippen LogP contribution is 2.36. The molecule has 4 rings (SSSR count). The fourth-order valence-corrected chi connectivity index (χ4v) is 6.27. The van der Waals surface area contributed by atoms with Crippen LogP contribution in [0, 0.1) is 0 Å². The lowest BCUT2D eigenvalue weighted by Crippen LogP contribution is -2.45. The molecule has 0 saturated carbocycles. The molecule has 1 atom stereocenters. The Labute approximate surface area is 232 Å². The van der Waals surface area contributed by atoms with E-state index in [4.69, 9.17) is 18.9 Å².